The number of hydrogen-bond acceptors (Lipinski definition) is 6. The summed E-state index contributed by atoms with van der Waals surface area (Å²) in [4.78, 5) is 42.8. The lowest BCUT2D eigenvalue weighted by molar-refractivity contribution is 0.0950. The summed E-state index contributed by atoms with van der Waals surface area (Å²) < 4.78 is 0. The van der Waals surface area contributed by atoms with Crippen molar-refractivity contribution >= 4 is 23.2 Å². The Morgan fingerprint density at radius 1 is 1.05 bits per heavy atom. The van der Waals surface area contributed by atoms with Gasteiger partial charge in [0.05, 0.1) is 23.1 Å². The summed E-state index contributed by atoms with van der Waals surface area (Å²) in [7, 11) is 4.31. The van der Waals surface area contributed by atoms with Gasteiger partial charge in [-0.15, -0.1) is 0 Å². The van der Waals surface area contributed by atoms with Crippen molar-refractivity contribution in [3.05, 3.63) is 74.0 Å². The van der Waals surface area contributed by atoms with Gasteiger partial charge in [-0.05, 0) is 85.2 Å². The lowest BCUT2D eigenvalue weighted by atomic mass is 9.88. The molecular weight excluding hydrogens is 512 g/mol. The van der Waals surface area contributed by atoms with E-state index in [1.807, 2.05) is 19.9 Å². The molecule has 8 nitrogen and oxygen atoms in total. The number of nitrogens with zero attached hydrogens (tertiary/aromatic N) is 4. The molecule has 0 atom stereocenters. The monoisotopic (exact) mass is 550 g/mol. The molecule has 2 N–H and O–H groups in total. The lowest BCUT2D eigenvalue weighted by Crippen LogP contribution is -2.42. The molecule has 0 aliphatic heterocycles. The van der Waals surface area contributed by atoms with Crippen molar-refractivity contribution in [2.24, 2.45) is 0 Å². The van der Waals surface area contributed by atoms with Crippen molar-refractivity contribution in [2.75, 3.05) is 25.5 Å². The average Bonchev–Trinajstić information content (AvgIpc) is 2.90. The van der Waals surface area contributed by atoms with E-state index in [1.165, 1.54) is 6.07 Å². The predicted octanol–water partition coefficient (Wildman–Crippen LogP) is 5.04. The van der Waals surface area contributed by atoms with Crippen LogP contribution in [0.4, 0.5) is 5.69 Å². The molecular formula is C30H39ClN6O2. The first kappa shape index (κ1) is 28.8. The number of aryl methyl sites for hydroxylation is 2. The Bertz CT molecular complexity index is 1380. The highest BCUT2D eigenvalue weighted by molar-refractivity contribution is 6.30. The van der Waals surface area contributed by atoms with Gasteiger partial charge in [-0.25, -0.2) is 0 Å². The third-order valence-electron chi connectivity index (χ3n) is 7.83. The highest BCUT2D eigenvalue weighted by atomic mass is 35.5. The molecule has 9 heteroatoms. The van der Waals surface area contributed by atoms with Gasteiger partial charge in [-0.1, -0.05) is 11.6 Å². The van der Waals surface area contributed by atoms with Gasteiger partial charge in [0.25, 0.3) is 5.91 Å². The van der Waals surface area contributed by atoms with Gasteiger partial charge in [0.2, 0.25) is 0 Å². The zero-order valence-electron chi connectivity index (χ0n) is 23.8. The fourth-order valence-electron chi connectivity index (χ4n) is 5.54. The molecule has 1 amide bonds. The fraction of sp³-hybridized carbons (Fsp3) is 0.467. The van der Waals surface area contributed by atoms with E-state index in [2.05, 4.69) is 57.2 Å². The summed E-state index contributed by atoms with van der Waals surface area (Å²) in [6, 6.07) is 6.48. The van der Waals surface area contributed by atoms with Crippen LogP contribution in [0.1, 0.15) is 65.5 Å². The van der Waals surface area contributed by atoms with Crippen molar-refractivity contribution in [1.29, 1.82) is 0 Å². The molecule has 0 radical (unpaired) electrons. The molecule has 1 aromatic carbocycles. The van der Waals surface area contributed by atoms with Gasteiger partial charge in [-0.2, -0.15) is 0 Å². The summed E-state index contributed by atoms with van der Waals surface area (Å²) in [6.45, 7) is 8.69. The SMILES string of the molecule is CCN(c1cc(-c2cnc(C)cn2)cc(C(=O)NCc2c(Cl)[nH]c(C)cc2=O)c1C)C1CCC(N(C)C)CC1. The molecule has 1 fully saturated rings. The molecule has 1 saturated carbocycles. The van der Waals surface area contributed by atoms with E-state index < -0.39 is 0 Å². The summed E-state index contributed by atoms with van der Waals surface area (Å²) >= 11 is 6.28. The summed E-state index contributed by atoms with van der Waals surface area (Å²) in [6.07, 6.45) is 7.98. The van der Waals surface area contributed by atoms with E-state index >= 15 is 0 Å². The Morgan fingerprint density at radius 3 is 2.33 bits per heavy atom. The van der Waals surface area contributed by atoms with Gasteiger partial charge in [0.15, 0.2) is 5.43 Å². The Labute approximate surface area is 235 Å². The van der Waals surface area contributed by atoms with Gasteiger partial charge in [0, 0.05) is 59.9 Å². The highest BCUT2D eigenvalue weighted by Crippen LogP contribution is 2.35. The third-order valence-corrected chi connectivity index (χ3v) is 8.15. The molecule has 1 aliphatic carbocycles. The van der Waals surface area contributed by atoms with Crippen LogP contribution in [0.15, 0.2) is 35.4 Å². The molecule has 0 bridgehead atoms. The number of H-pyrrole nitrogens is 1. The minimum absolute atomic E-state index is 0.0304. The maximum atomic E-state index is 13.6. The number of rotatable bonds is 8. The second kappa shape index (κ2) is 12.3. The van der Waals surface area contributed by atoms with Crippen LogP contribution in [0.2, 0.25) is 5.15 Å². The summed E-state index contributed by atoms with van der Waals surface area (Å²) in [5.74, 6) is -0.265. The first-order valence-electron chi connectivity index (χ1n) is 13.6. The highest BCUT2D eigenvalue weighted by Gasteiger charge is 2.28. The number of hydrogen-bond donors (Lipinski definition) is 2. The second-order valence-electron chi connectivity index (χ2n) is 10.7. The van der Waals surface area contributed by atoms with E-state index in [9.17, 15) is 9.59 Å². The van der Waals surface area contributed by atoms with Crippen molar-refractivity contribution in [2.45, 2.75) is 72.0 Å². The minimum Gasteiger partial charge on any atom is -0.369 e. The Hall–Kier alpha value is -3.23. The number of carbonyl (C=O) groups excluding carboxylic acids is 1. The predicted molar refractivity (Wildman–Crippen MR) is 158 cm³/mol. The number of carbonyl (C=O) groups is 1. The molecule has 208 valence electrons. The molecule has 3 aromatic rings. The second-order valence-corrected chi connectivity index (χ2v) is 11.1. The summed E-state index contributed by atoms with van der Waals surface area (Å²) in [5.41, 5.74) is 5.65. The maximum absolute atomic E-state index is 13.6. The number of nitrogens with one attached hydrogen (secondary N) is 2. The van der Waals surface area contributed by atoms with E-state index in [4.69, 9.17) is 11.6 Å². The fourth-order valence-corrected chi connectivity index (χ4v) is 5.85. The molecule has 0 unspecified atom stereocenters. The van der Waals surface area contributed by atoms with Crippen LogP contribution in [0, 0.1) is 20.8 Å². The molecule has 4 rings (SSSR count). The van der Waals surface area contributed by atoms with Gasteiger partial charge in [-0.3, -0.25) is 19.6 Å². The zero-order valence-corrected chi connectivity index (χ0v) is 24.5. The van der Waals surface area contributed by atoms with Gasteiger partial charge < -0.3 is 20.1 Å². The molecule has 0 saturated heterocycles. The van der Waals surface area contributed by atoms with Crippen molar-refractivity contribution in [1.82, 2.24) is 25.2 Å². The molecule has 2 heterocycles. The van der Waals surface area contributed by atoms with E-state index in [-0.39, 0.29) is 23.0 Å². The van der Waals surface area contributed by atoms with Crippen LogP contribution in [0.5, 0.6) is 0 Å². The first-order valence-corrected chi connectivity index (χ1v) is 14.0. The van der Waals surface area contributed by atoms with Crippen LogP contribution in [-0.2, 0) is 6.54 Å². The number of amides is 1. The van der Waals surface area contributed by atoms with Gasteiger partial charge in [0.1, 0.15) is 5.15 Å². The van der Waals surface area contributed by atoms with Crippen molar-refractivity contribution < 1.29 is 4.79 Å². The van der Waals surface area contributed by atoms with Crippen LogP contribution >= 0.6 is 11.6 Å². The summed E-state index contributed by atoms with van der Waals surface area (Å²) in [5, 5.41) is 3.17. The number of aromatic nitrogens is 3. The Morgan fingerprint density at radius 2 is 1.74 bits per heavy atom. The number of pyridine rings is 1. The van der Waals surface area contributed by atoms with Crippen LogP contribution in [0.3, 0.4) is 0 Å². The zero-order chi connectivity index (χ0) is 28.3. The number of anilines is 1. The standard InChI is InChI=1S/C30H39ClN6O2/c1-7-37(23-10-8-22(9-11-23)36(5)6)27-14-21(26-17-32-19(3)15-33-26)13-24(20(27)4)30(39)34-16-25-28(38)12-18(2)35-29(25)31/h12-15,17,22-23H,7-11,16H2,1-6H3,(H,34,39)(H,35,38). The molecule has 39 heavy (non-hydrogen) atoms. The Balaban J connectivity index is 1.70. The topological polar surface area (TPSA) is 94.2 Å². The van der Waals surface area contributed by atoms with Gasteiger partial charge >= 0.3 is 0 Å². The quantitative estimate of drug-likeness (QED) is 0.382. The van der Waals surface area contributed by atoms with E-state index in [0.29, 0.717) is 34.6 Å². The Kier molecular flexibility index (Phi) is 9.08. The van der Waals surface area contributed by atoms with Crippen LogP contribution in [-0.4, -0.2) is 58.5 Å². The van der Waals surface area contributed by atoms with E-state index in [1.54, 1.807) is 19.3 Å². The maximum Gasteiger partial charge on any atom is 0.251 e. The number of halogens is 1. The molecule has 1 aliphatic rings. The normalized spacial score (nSPS) is 17.3. The largest absolute Gasteiger partial charge is 0.369 e. The van der Waals surface area contributed by atoms with Crippen molar-refractivity contribution in [3.63, 3.8) is 0 Å². The average molecular weight is 551 g/mol. The first-order chi connectivity index (χ1) is 18.6. The number of aromatic amines is 1. The third kappa shape index (κ3) is 6.50. The van der Waals surface area contributed by atoms with E-state index in [0.717, 1.165) is 54.7 Å². The van der Waals surface area contributed by atoms with Crippen LogP contribution < -0.4 is 15.6 Å². The van der Waals surface area contributed by atoms with Crippen molar-refractivity contribution in [3.8, 4) is 11.3 Å². The van der Waals surface area contributed by atoms with Crippen LogP contribution in [0.25, 0.3) is 11.3 Å². The minimum atomic E-state index is -0.265. The number of benzene rings is 1. The molecule has 2 aromatic heterocycles. The molecule has 0 spiro atoms. The smallest absolute Gasteiger partial charge is 0.251 e. The lowest BCUT2D eigenvalue weighted by Gasteiger charge is -2.40.